The van der Waals surface area contributed by atoms with Crippen molar-refractivity contribution in [2.24, 2.45) is 0 Å². The van der Waals surface area contributed by atoms with E-state index in [2.05, 4.69) is 4.98 Å². The van der Waals surface area contributed by atoms with Crippen LogP contribution in [0.4, 0.5) is 4.39 Å². The minimum Gasteiger partial charge on any atom is -0.395 e. The smallest absolute Gasteiger partial charge is 0.256 e. The lowest BCUT2D eigenvalue weighted by atomic mass is 10.2. The maximum Gasteiger partial charge on any atom is 0.256 e. The van der Waals surface area contributed by atoms with Gasteiger partial charge in [0, 0.05) is 13.6 Å². The standard InChI is InChI=1S/C9H10ClFN2O2/c1-13(2-3-14)9(15)7-4-6(11)5-12-8(7)10/h4-5,14H,2-3H2,1H3. The van der Waals surface area contributed by atoms with Crippen molar-refractivity contribution in [1.82, 2.24) is 9.88 Å². The number of hydrogen-bond donors (Lipinski definition) is 1. The fourth-order valence-electron chi connectivity index (χ4n) is 1.03. The Morgan fingerprint density at radius 3 is 3.00 bits per heavy atom. The number of rotatable bonds is 3. The molecule has 0 spiro atoms. The van der Waals surface area contributed by atoms with Gasteiger partial charge >= 0.3 is 0 Å². The van der Waals surface area contributed by atoms with Gasteiger partial charge in [-0.05, 0) is 6.07 Å². The summed E-state index contributed by atoms with van der Waals surface area (Å²) in [5, 5.41) is 8.59. The highest BCUT2D eigenvalue weighted by molar-refractivity contribution is 6.32. The molecule has 0 aliphatic heterocycles. The van der Waals surface area contributed by atoms with Crippen LogP contribution in [0.15, 0.2) is 12.3 Å². The van der Waals surface area contributed by atoms with Gasteiger partial charge in [-0.15, -0.1) is 0 Å². The van der Waals surface area contributed by atoms with Crippen molar-refractivity contribution < 1.29 is 14.3 Å². The van der Waals surface area contributed by atoms with Gasteiger partial charge in [-0.2, -0.15) is 0 Å². The Labute approximate surface area is 91.3 Å². The Balaban J connectivity index is 2.95. The highest BCUT2D eigenvalue weighted by Gasteiger charge is 2.16. The number of amides is 1. The SMILES string of the molecule is CN(CCO)C(=O)c1cc(F)cnc1Cl. The second-order valence-electron chi connectivity index (χ2n) is 2.94. The van der Waals surface area contributed by atoms with Crippen LogP contribution in [0.3, 0.4) is 0 Å². The molecule has 0 bridgehead atoms. The third-order valence-electron chi connectivity index (χ3n) is 1.82. The first-order chi connectivity index (χ1) is 7.06. The van der Waals surface area contributed by atoms with Crippen LogP contribution < -0.4 is 0 Å². The molecule has 15 heavy (non-hydrogen) atoms. The Morgan fingerprint density at radius 2 is 2.40 bits per heavy atom. The van der Waals surface area contributed by atoms with Gasteiger partial charge in [-0.3, -0.25) is 4.79 Å². The lowest BCUT2D eigenvalue weighted by molar-refractivity contribution is 0.0766. The number of likely N-dealkylation sites (N-methyl/N-ethyl adjacent to an activating group) is 1. The Morgan fingerprint density at radius 1 is 1.73 bits per heavy atom. The van der Waals surface area contributed by atoms with Crippen LogP contribution in [0.1, 0.15) is 10.4 Å². The maximum absolute atomic E-state index is 12.8. The molecule has 0 saturated heterocycles. The molecule has 1 aromatic heterocycles. The van der Waals surface area contributed by atoms with Gasteiger partial charge in [-0.25, -0.2) is 9.37 Å². The van der Waals surface area contributed by atoms with E-state index in [1.165, 1.54) is 11.9 Å². The number of halogens is 2. The molecule has 82 valence electrons. The zero-order valence-electron chi connectivity index (χ0n) is 8.07. The average Bonchev–Trinajstić information content (AvgIpc) is 2.21. The summed E-state index contributed by atoms with van der Waals surface area (Å²) in [6.45, 7) is -0.00568. The molecule has 0 unspecified atom stereocenters. The fraction of sp³-hybridized carbons (Fsp3) is 0.333. The van der Waals surface area contributed by atoms with Crippen molar-refractivity contribution in [1.29, 1.82) is 0 Å². The fourth-order valence-corrected chi connectivity index (χ4v) is 1.21. The number of aliphatic hydroxyl groups excluding tert-OH is 1. The van der Waals surface area contributed by atoms with Gasteiger partial charge in [-0.1, -0.05) is 11.6 Å². The van der Waals surface area contributed by atoms with Crippen molar-refractivity contribution in [2.45, 2.75) is 0 Å². The third kappa shape index (κ3) is 2.87. The summed E-state index contributed by atoms with van der Waals surface area (Å²) in [5.41, 5.74) is -0.00684. The van der Waals surface area contributed by atoms with Crippen LogP contribution in [0.2, 0.25) is 5.15 Å². The molecule has 0 radical (unpaired) electrons. The van der Waals surface area contributed by atoms with E-state index in [9.17, 15) is 9.18 Å². The summed E-state index contributed by atoms with van der Waals surface area (Å²) in [7, 11) is 1.49. The molecule has 6 heteroatoms. The molecule has 0 atom stereocenters. The summed E-state index contributed by atoms with van der Waals surface area (Å²) >= 11 is 5.65. The molecular weight excluding hydrogens is 223 g/mol. The van der Waals surface area contributed by atoms with Gasteiger partial charge < -0.3 is 10.0 Å². The van der Waals surface area contributed by atoms with Gasteiger partial charge in [0.15, 0.2) is 0 Å². The zero-order chi connectivity index (χ0) is 11.4. The topological polar surface area (TPSA) is 53.4 Å². The average molecular weight is 233 g/mol. The van der Waals surface area contributed by atoms with Crippen LogP contribution in [0.25, 0.3) is 0 Å². The van der Waals surface area contributed by atoms with E-state index in [0.29, 0.717) is 0 Å². The van der Waals surface area contributed by atoms with E-state index in [0.717, 1.165) is 12.3 Å². The Bertz CT molecular complexity index is 373. The number of aliphatic hydroxyl groups is 1. The molecule has 1 N–H and O–H groups in total. The van der Waals surface area contributed by atoms with Gasteiger partial charge in [0.05, 0.1) is 18.4 Å². The van der Waals surface area contributed by atoms with Crippen LogP contribution >= 0.6 is 11.6 Å². The monoisotopic (exact) mass is 232 g/mol. The lowest BCUT2D eigenvalue weighted by Crippen LogP contribution is -2.29. The molecule has 1 heterocycles. The van der Waals surface area contributed by atoms with E-state index >= 15 is 0 Å². The number of pyridine rings is 1. The summed E-state index contributed by atoms with van der Waals surface area (Å²) in [5.74, 6) is -1.10. The maximum atomic E-state index is 12.8. The number of carbonyl (C=O) groups is 1. The predicted molar refractivity (Wildman–Crippen MR) is 53.3 cm³/mol. The van der Waals surface area contributed by atoms with E-state index in [1.54, 1.807) is 0 Å². The minimum atomic E-state index is -0.625. The summed E-state index contributed by atoms with van der Waals surface area (Å²) in [4.78, 5) is 16.4. The first-order valence-electron chi connectivity index (χ1n) is 4.23. The normalized spacial score (nSPS) is 10.1. The Kier molecular flexibility index (Phi) is 3.99. The first kappa shape index (κ1) is 11.9. The first-order valence-corrected chi connectivity index (χ1v) is 4.61. The molecule has 0 saturated carbocycles. The van der Waals surface area contributed by atoms with Crippen LogP contribution in [-0.4, -0.2) is 41.1 Å². The molecule has 1 amide bonds. The molecule has 0 aromatic carbocycles. The van der Waals surface area contributed by atoms with Crippen LogP contribution in [0, 0.1) is 5.82 Å². The van der Waals surface area contributed by atoms with Crippen molar-refractivity contribution in [3.05, 3.63) is 28.8 Å². The van der Waals surface area contributed by atoms with E-state index in [4.69, 9.17) is 16.7 Å². The second kappa shape index (κ2) is 5.04. The molecule has 0 fully saturated rings. The van der Waals surface area contributed by atoms with E-state index in [-0.39, 0.29) is 23.9 Å². The van der Waals surface area contributed by atoms with Crippen molar-refractivity contribution in [3.63, 3.8) is 0 Å². The second-order valence-corrected chi connectivity index (χ2v) is 3.30. The molecular formula is C9H10ClFN2O2. The van der Waals surface area contributed by atoms with E-state index in [1.807, 2.05) is 0 Å². The molecule has 0 aliphatic carbocycles. The number of carbonyl (C=O) groups excluding carboxylic acids is 1. The third-order valence-corrected chi connectivity index (χ3v) is 2.12. The van der Waals surface area contributed by atoms with Gasteiger partial charge in [0.2, 0.25) is 0 Å². The zero-order valence-corrected chi connectivity index (χ0v) is 8.83. The number of nitrogens with zero attached hydrogens (tertiary/aromatic N) is 2. The summed E-state index contributed by atoms with van der Waals surface area (Å²) in [6, 6.07) is 1.02. The predicted octanol–water partition coefficient (Wildman–Crippen LogP) is 0.938. The number of hydrogen-bond acceptors (Lipinski definition) is 3. The number of aromatic nitrogens is 1. The van der Waals surface area contributed by atoms with Crippen molar-refractivity contribution in [3.8, 4) is 0 Å². The molecule has 4 nitrogen and oxygen atoms in total. The summed E-state index contributed by atoms with van der Waals surface area (Å²) in [6.07, 6.45) is 0.936. The lowest BCUT2D eigenvalue weighted by Gasteiger charge is -2.15. The quantitative estimate of drug-likeness (QED) is 0.790. The van der Waals surface area contributed by atoms with Crippen molar-refractivity contribution in [2.75, 3.05) is 20.2 Å². The largest absolute Gasteiger partial charge is 0.395 e. The van der Waals surface area contributed by atoms with Gasteiger partial charge in [0.1, 0.15) is 11.0 Å². The van der Waals surface area contributed by atoms with Crippen LogP contribution in [-0.2, 0) is 0 Å². The van der Waals surface area contributed by atoms with Gasteiger partial charge in [0.25, 0.3) is 5.91 Å². The molecule has 1 aromatic rings. The molecule has 0 aliphatic rings. The molecule has 1 rings (SSSR count). The van der Waals surface area contributed by atoms with Crippen molar-refractivity contribution >= 4 is 17.5 Å². The van der Waals surface area contributed by atoms with E-state index < -0.39 is 11.7 Å². The highest BCUT2D eigenvalue weighted by atomic mass is 35.5. The Hall–Kier alpha value is -1.20. The summed E-state index contributed by atoms with van der Waals surface area (Å²) < 4.78 is 12.8. The van der Waals surface area contributed by atoms with Crippen LogP contribution in [0.5, 0.6) is 0 Å². The highest BCUT2D eigenvalue weighted by Crippen LogP contribution is 2.15. The minimum absolute atomic E-state index is 0.00684.